The third-order valence-electron chi connectivity index (χ3n) is 6.11. The lowest BCUT2D eigenvalue weighted by molar-refractivity contribution is 0.170. The van der Waals surface area contributed by atoms with Crippen LogP contribution >= 0.6 is 11.3 Å². The minimum Gasteiger partial charge on any atom is -0.491 e. The van der Waals surface area contributed by atoms with Crippen LogP contribution in [0, 0.1) is 29.6 Å². The van der Waals surface area contributed by atoms with Gasteiger partial charge in [-0.2, -0.15) is 5.26 Å². The van der Waals surface area contributed by atoms with E-state index in [4.69, 9.17) is 4.74 Å². The van der Waals surface area contributed by atoms with Gasteiger partial charge in [-0.15, -0.1) is 11.3 Å². The largest absolute Gasteiger partial charge is 0.491 e. The summed E-state index contributed by atoms with van der Waals surface area (Å²) >= 11 is 1.30. The zero-order chi connectivity index (χ0) is 27.5. The van der Waals surface area contributed by atoms with Gasteiger partial charge in [0.2, 0.25) is 0 Å². The first-order chi connectivity index (χ1) is 17.4. The molecule has 3 aromatic rings. The molecule has 1 amide bonds. The zero-order valence-electron chi connectivity index (χ0n) is 22.6. The number of ether oxygens (including phenoxy) is 1. The number of nitriles is 1. The summed E-state index contributed by atoms with van der Waals surface area (Å²) in [7, 11) is 0. The maximum absolute atomic E-state index is 13.9. The molecule has 0 fully saturated rings. The molecule has 37 heavy (non-hydrogen) atoms. The number of nitrogens with one attached hydrogen (secondary N) is 1. The van der Waals surface area contributed by atoms with Crippen molar-refractivity contribution in [2.75, 3.05) is 6.61 Å². The summed E-state index contributed by atoms with van der Waals surface area (Å²) < 4.78 is 8.09. The Balaban J connectivity index is 2.44. The van der Waals surface area contributed by atoms with Crippen molar-refractivity contribution in [3.63, 3.8) is 0 Å². The van der Waals surface area contributed by atoms with Crippen molar-refractivity contribution in [2.45, 2.75) is 73.9 Å². The topological polar surface area (TPSA) is 117 Å². The van der Waals surface area contributed by atoms with Crippen LogP contribution in [0.25, 0.3) is 21.3 Å². The number of unbranched alkanes of at least 4 members (excludes halogenated alkanes) is 1. The standard InChI is InChI=1S/C28H36N4O4S/c1-8-9-12-36-23-20-13-18(25-30-17(4)21(14-29)37-25)10-11-19(20)26(33)32(15-16(2)3)22(23)24(28(5,6)7)31-27(34)35/h10-11,13,16,24,31H,8-9,12,15H2,1-7H3,(H,34,35). The molecule has 1 atom stereocenters. The van der Waals surface area contributed by atoms with Crippen LogP contribution in [-0.2, 0) is 6.54 Å². The number of benzene rings is 1. The molecule has 0 aliphatic rings. The number of aromatic nitrogens is 2. The fourth-order valence-electron chi connectivity index (χ4n) is 4.31. The van der Waals surface area contributed by atoms with Gasteiger partial charge in [0, 0.05) is 17.5 Å². The van der Waals surface area contributed by atoms with E-state index in [1.807, 2.05) is 46.8 Å². The Morgan fingerprint density at radius 1 is 1.30 bits per heavy atom. The average Bonchev–Trinajstić information content (AvgIpc) is 3.20. The Morgan fingerprint density at radius 2 is 2.00 bits per heavy atom. The van der Waals surface area contributed by atoms with Gasteiger partial charge in [-0.1, -0.05) is 54.0 Å². The monoisotopic (exact) mass is 524 g/mol. The van der Waals surface area contributed by atoms with E-state index in [2.05, 4.69) is 23.3 Å². The summed E-state index contributed by atoms with van der Waals surface area (Å²) in [4.78, 5) is 30.9. The van der Waals surface area contributed by atoms with E-state index in [0.29, 0.717) is 50.9 Å². The van der Waals surface area contributed by atoms with Crippen LogP contribution in [0.5, 0.6) is 5.75 Å². The maximum atomic E-state index is 13.9. The van der Waals surface area contributed by atoms with Gasteiger partial charge in [0.25, 0.3) is 5.56 Å². The molecule has 1 aromatic carbocycles. The fraction of sp³-hybridized carbons (Fsp3) is 0.500. The van der Waals surface area contributed by atoms with Gasteiger partial charge in [0.05, 0.1) is 29.4 Å². The molecule has 0 radical (unpaired) electrons. The summed E-state index contributed by atoms with van der Waals surface area (Å²) in [5.41, 5.74) is 1.22. The molecule has 2 N–H and O–H groups in total. The van der Waals surface area contributed by atoms with Crippen LogP contribution < -0.4 is 15.6 Å². The lowest BCUT2D eigenvalue weighted by atomic mass is 9.83. The second-order valence-corrected chi connectivity index (χ2v) is 11.8. The molecule has 0 saturated carbocycles. The predicted molar refractivity (Wildman–Crippen MR) is 147 cm³/mol. The van der Waals surface area contributed by atoms with Gasteiger partial charge >= 0.3 is 6.09 Å². The molecule has 9 heteroatoms. The lowest BCUT2D eigenvalue weighted by Crippen LogP contribution is -2.40. The number of aryl methyl sites for hydroxylation is 1. The normalized spacial score (nSPS) is 12.5. The number of nitrogens with zero attached hydrogens (tertiary/aromatic N) is 3. The Hall–Kier alpha value is -3.38. The summed E-state index contributed by atoms with van der Waals surface area (Å²) in [6.45, 7) is 14.6. The number of hydrogen-bond acceptors (Lipinski definition) is 6. The second-order valence-electron chi connectivity index (χ2n) is 10.8. The first-order valence-corrected chi connectivity index (χ1v) is 13.4. The molecule has 0 aliphatic carbocycles. The molecule has 198 valence electrons. The Morgan fingerprint density at radius 3 is 2.54 bits per heavy atom. The number of thiazole rings is 1. The summed E-state index contributed by atoms with van der Waals surface area (Å²) in [6.07, 6.45) is 0.572. The number of fused-ring (bicyclic) bond motifs is 1. The van der Waals surface area contributed by atoms with E-state index in [-0.39, 0.29) is 11.5 Å². The minimum atomic E-state index is -1.17. The van der Waals surface area contributed by atoms with Crippen LogP contribution in [0.1, 0.15) is 76.7 Å². The van der Waals surface area contributed by atoms with Crippen LogP contribution in [0.15, 0.2) is 23.0 Å². The van der Waals surface area contributed by atoms with Crippen molar-refractivity contribution in [1.82, 2.24) is 14.9 Å². The maximum Gasteiger partial charge on any atom is 0.405 e. The van der Waals surface area contributed by atoms with Gasteiger partial charge < -0.3 is 19.7 Å². The molecule has 3 rings (SSSR count). The van der Waals surface area contributed by atoms with Gasteiger partial charge in [0.1, 0.15) is 21.7 Å². The van der Waals surface area contributed by atoms with Gasteiger partial charge in [-0.05, 0) is 36.8 Å². The van der Waals surface area contributed by atoms with Crippen molar-refractivity contribution in [3.8, 4) is 22.4 Å². The van der Waals surface area contributed by atoms with E-state index >= 15 is 0 Å². The minimum absolute atomic E-state index is 0.143. The van der Waals surface area contributed by atoms with E-state index in [1.54, 1.807) is 17.6 Å². The molecule has 0 bridgehead atoms. The molecule has 0 spiro atoms. The van der Waals surface area contributed by atoms with E-state index in [0.717, 1.165) is 18.4 Å². The molecule has 8 nitrogen and oxygen atoms in total. The Bertz CT molecular complexity index is 1390. The van der Waals surface area contributed by atoms with E-state index < -0.39 is 17.6 Å². The summed E-state index contributed by atoms with van der Waals surface area (Å²) in [6, 6.07) is 6.97. The summed E-state index contributed by atoms with van der Waals surface area (Å²) in [5.74, 6) is 0.651. The van der Waals surface area contributed by atoms with Crippen LogP contribution in [0.3, 0.4) is 0 Å². The SMILES string of the molecule is CCCCOc1c(C(NC(=O)O)C(C)(C)C)n(CC(C)C)c(=O)c2ccc(-c3nc(C)c(C#N)s3)cc12. The molecular weight excluding hydrogens is 488 g/mol. The molecule has 2 heterocycles. The second kappa shape index (κ2) is 11.3. The Kier molecular flexibility index (Phi) is 8.64. The first kappa shape index (κ1) is 28.2. The molecular formula is C28H36N4O4S. The predicted octanol–water partition coefficient (Wildman–Crippen LogP) is 6.49. The highest BCUT2D eigenvalue weighted by atomic mass is 32.1. The van der Waals surface area contributed by atoms with E-state index in [1.165, 1.54) is 11.3 Å². The Labute approximate surface area is 221 Å². The van der Waals surface area contributed by atoms with Crippen LogP contribution in [0.4, 0.5) is 4.79 Å². The zero-order valence-corrected chi connectivity index (χ0v) is 23.5. The third-order valence-corrected chi connectivity index (χ3v) is 7.22. The molecule has 1 unspecified atom stereocenters. The van der Waals surface area contributed by atoms with Crippen molar-refractivity contribution in [3.05, 3.63) is 44.8 Å². The van der Waals surface area contributed by atoms with Crippen molar-refractivity contribution < 1.29 is 14.6 Å². The summed E-state index contributed by atoms with van der Waals surface area (Å²) in [5, 5.41) is 23.6. The third kappa shape index (κ3) is 6.13. The van der Waals surface area contributed by atoms with Gasteiger partial charge in [0.15, 0.2) is 0 Å². The number of hydrogen-bond donors (Lipinski definition) is 2. The van der Waals surface area contributed by atoms with Gasteiger partial charge in [-0.3, -0.25) is 4.79 Å². The number of pyridine rings is 1. The number of rotatable bonds is 9. The highest BCUT2D eigenvalue weighted by Crippen LogP contribution is 2.42. The van der Waals surface area contributed by atoms with Crippen LogP contribution in [0.2, 0.25) is 0 Å². The fourth-order valence-corrected chi connectivity index (χ4v) is 5.17. The molecule has 0 aliphatic heterocycles. The number of carbonyl (C=O) groups is 1. The number of carboxylic acid groups (broad SMARTS) is 1. The quantitative estimate of drug-likeness (QED) is 0.309. The molecule has 0 saturated heterocycles. The first-order valence-electron chi connectivity index (χ1n) is 12.6. The number of amides is 1. The lowest BCUT2D eigenvalue weighted by Gasteiger charge is -2.34. The van der Waals surface area contributed by atoms with Gasteiger partial charge in [-0.25, -0.2) is 9.78 Å². The highest BCUT2D eigenvalue weighted by Gasteiger charge is 2.35. The molecule has 2 aromatic heterocycles. The highest BCUT2D eigenvalue weighted by molar-refractivity contribution is 7.15. The van der Waals surface area contributed by atoms with Crippen molar-refractivity contribution in [2.24, 2.45) is 11.3 Å². The van der Waals surface area contributed by atoms with Crippen molar-refractivity contribution in [1.29, 1.82) is 5.26 Å². The van der Waals surface area contributed by atoms with Crippen LogP contribution in [-0.4, -0.2) is 27.4 Å². The van der Waals surface area contributed by atoms with E-state index in [9.17, 15) is 20.0 Å². The van der Waals surface area contributed by atoms with Crippen molar-refractivity contribution >= 4 is 28.2 Å². The smallest absolute Gasteiger partial charge is 0.405 e. The average molecular weight is 525 g/mol.